The van der Waals surface area contributed by atoms with Crippen molar-refractivity contribution in [3.05, 3.63) is 18.0 Å². The highest BCUT2D eigenvalue weighted by Crippen LogP contribution is 2.54. The SMILES string of the molecule is CC[C@H]1[C@@H](N2CCC(c3ccnn3C)CC2)CC12CCNC2. The highest BCUT2D eigenvalue weighted by atomic mass is 15.3. The third-order valence-electron chi connectivity index (χ3n) is 6.86. The average molecular weight is 302 g/mol. The summed E-state index contributed by atoms with van der Waals surface area (Å²) in [7, 11) is 2.08. The summed E-state index contributed by atoms with van der Waals surface area (Å²) in [6.07, 6.45) is 8.75. The van der Waals surface area contributed by atoms with Crippen molar-refractivity contribution < 1.29 is 0 Å². The molecule has 2 saturated heterocycles. The minimum atomic E-state index is 0.651. The average Bonchev–Trinajstić information content (AvgIpc) is 3.16. The first-order valence-corrected chi connectivity index (χ1v) is 9.16. The molecule has 4 rings (SSSR count). The van der Waals surface area contributed by atoms with Crippen LogP contribution in [0.15, 0.2) is 12.3 Å². The minimum Gasteiger partial charge on any atom is -0.316 e. The highest BCUT2D eigenvalue weighted by Gasteiger charge is 2.55. The summed E-state index contributed by atoms with van der Waals surface area (Å²) >= 11 is 0. The van der Waals surface area contributed by atoms with Gasteiger partial charge < -0.3 is 10.2 Å². The lowest BCUT2D eigenvalue weighted by Crippen LogP contribution is -2.61. The molecule has 1 aromatic heterocycles. The van der Waals surface area contributed by atoms with E-state index in [-0.39, 0.29) is 0 Å². The Labute approximate surface area is 134 Å². The Bertz CT molecular complexity index is 509. The lowest BCUT2D eigenvalue weighted by molar-refractivity contribution is -0.0734. The first-order valence-electron chi connectivity index (χ1n) is 9.16. The van der Waals surface area contributed by atoms with Crippen LogP contribution in [-0.4, -0.2) is 46.9 Å². The van der Waals surface area contributed by atoms with Gasteiger partial charge in [0.05, 0.1) is 0 Å². The predicted molar refractivity (Wildman–Crippen MR) is 88.9 cm³/mol. The predicted octanol–water partition coefficient (Wildman–Crippen LogP) is 2.38. The monoisotopic (exact) mass is 302 g/mol. The lowest BCUT2D eigenvalue weighted by atomic mass is 9.54. The van der Waals surface area contributed by atoms with Crippen LogP contribution in [0.3, 0.4) is 0 Å². The Morgan fingerprint density at radius 2 is 2.18 bits per heavy atom. The Morgan fingerprint density at radius 3 is 2.77 bits per heavy atom. The summed E-state index contributed by atoms with van der Waals surface area (Å²) < 4.78 is 2.07. The second-order valence-corrected chi connectivity index (χ2v) is 7.77. The van der Waals surface area contributed by atoms with Gasteiger partial charge in [-0.1, -0.05) is 13.3 Å². The summed E-state index contributed by atoms with van der Waals surface area (Å²) in [5, 5.41) is 7.95. The number of hydrogen-bond acceptors (Lipinski definition) is 3. The molecule has 1 N–H and O–H groups in total. The second kappa shape index (κ2) is 5.64. The van der Waals surface area contributed by atoms with Crippen LogP contribution in [0, 0.1) is 11.3 Å². The van der Waals surface area contributed by atoms with Crippen molar-refractivity contribution in [1.29, 1.82) is 0 Å². The normalized spacial score (nSPS) is 36.8. The molecule has 3 atom stereocenters. The molecular formula is C18H30N4. The number of aryl methyl sites for hydroxylation is 1. The van der Waals surface area contributed by atoms with Crippen LogP contribution >= 0.6 is 0 Å². The first-order chi connectivity index (χ1) is 10.7. The van der Waals surface area contributed by atoms with Crippen LogP contribution in [0.4, 0.5) is 0 Å². The third kappa shape index (κ3) is 2.23. The molecule has 1 aromatic rings. The van der Waals surface area contributed by atoms with Gasteiger partial charge in [0.1, 0.15) is 0 Å². The number of rotatable bonds is 3. The molecule has 0 aromatic carbocycles. The van der Waals surface area contributed by atoms with Gasteiger partial charge in [-0.25, -0.2) is 0 Å². The molecule has 3 aliphatic rings. The third-order valence-corrected chi connectivity index (χ3v) is 6.86. The van der Waals surface area contributed by atoms with Gasteiger partial charge in [0.25, 0.3) is 0 Å². The zero-order valence-electron chi connectivity index (χ0n) is 14.1. The fourth-order valence-electron chi connectivity index (χ4n) is 5.61. The molecule has 2 aliphatic heterocycles. The van der Waals surface area contributed by atoms with Crippen molar-refractivity contribution in [3.63, 3.8) is 0 Å². The van der Waals surface area contributed by atoms with E-state index in [1.165, 1.54) is 64.0 Å². The Kier molecular flexibility index (Phi) is 3.77. The fourth-order valence-corrected chi connectivity index (χ4v) is 5.61. The molecule has 0 radical (unpaired) electrons. The van der Waals surface area contributed by atoms with Crippen molar-refractivity contribution >= 4 is 0 Å². The summed E-state index contributed by atoms with van der Waals surface area (Å²) in [6, 6.07) is 3.06. The van der Waals surface area contributed by atoms with Gasteiger partial charge >= 0.3 is 0 Å². The summed E-state index contributed by atoms with van der Waals surface area (Å²) in [6.45, 7) is 7.47. The van der Waals surface area contributed by atoms with E-state index in [0.717, 1.165) is 12.0 Å². The molecule has 0 amide bonds. The number of nitrogens with one attached hydrogen (secondary N) is 1. The molecule has 4 nitrogen and oxygen atoms in total. The smallest absolute Gasteiger partial charge is 0.0492 e. The van der Waals surface area contributed by atoms with Gasteiger partial charge in [0, 0.05) is 37.4 Å². The molecule has 1 spiro atoms. The number of hydrogen-bond donors (Lipinski definition) is 1. The molecular weight excluding hydrogens is 272 g/mol. The summed E-state index contributed by atoms with van der Waals surface area (Å²) in [4.78, 5) is 2.81. The summed E-state index contributed by atoms with van der Waals surface area (Å²) in [5.41, 5.74) is 2.08. The maximum absolute atomic E-state index is 4.34. The van der Waals surface area contributed by atoms with Gasteiger partial charge in [-0.2, -0.15) is 5.10 Å². The quantitative estimate of drug-likeness (QED) is 0.930. The van der Waals surface area contributed by atoms with Gasteiger partial charge in [0.2, 0.25) is 0 Å². The molecule has 0 bridgehead atoms. The van der Waals surface area contributed by atoms with E-state index in [0.29, 0.717) is 11.3 Å². The van der Waals surface area contributed by atoms with Crippen molar-refractivity contribution in [2.75, 3.05) is 26.2 Å². The Balaban J connectivity index is 1.37. The highest BCUT2D eigenvalue weighted by molar-refractivity contribution is 5.12. The first kappa shape index (κ1) is 14.7. The van der Waals surface area contributed by atoms with Crippen LogP contribution in [0.5, 0.6) is 0 Å². The molecule has 22 heavy (non-hydrogen) atoms. The standard InChI is InChI=1S/C18H30N4/c1-3-15-17(12-18(15)7-9-19-13-18)22-10-5-14(6-11-22)16-4-8-20-21(16)2/h4,8,14-15,17,19H,3,5-7,9-13H2,1-2H3/t15-,17-,18?/m0/s1. The number of piperidine rings is 1. The Morgan fingerprint density at radius 1 is 1.36 bits per heavy atom. The zero-order chi connectivity index (χ0) is 15.2. The molecule has 1 unspecified atom stereocenters. The molecule has 4 heteroatoms. The molecule has 3 heterocycles. The van der Waals surface area contributed by atoms with Crippen LogP contribution < -0.4 is 5.32 Å². The summed E-state index contributed by atoms with van der Waals surface area (Å²) in [5.74, 6) is 1.64. The lowest BCUT2D eigenvalue weighted by Gasteiger charge is -2.58. The van der Waals surface area contributed by atoms with E-state index in [4.69, 9.17) is 0 Å². The number of aromatic nitrogens is 2. The van der Waals surface area contributed by atoms with Crippen molar-refractivity contribution in [1.82, 2.24) is 20.0 Å². The van der Waals surface area contributed by atoms with Crippen LogP contribution in [0.1, 0.15) is 50.6 Å². The van der Waals surface area contributed by atoms with Gasteiger partial charge in [0.15, 0.2) is 0 Å². The maximum atomic E-state index is 4.34. The minimum absolute atomic E-state index is 0.651. The van der Waals surface area contributed by atoms with Crippen molar-refractivity contribution in [3.8, 4) is 0 Å². The van der Waals surface area contributed by atoms with Crippen molar-refractivity contribution in [2.45, 2.75) is 51.0 Å². The van der Waals surface area contributed by atoms with E-state index in [9.17, 15) is 0 Å². The second-order valence-electron chi connectivity index (χ2n) is 7.77. The van der Waals surface area contributed by atoms with E-state index in [1.54, 1.807) is 0 Å². The van der Waals surface area contributed by atoms with Crippen molar-refractivity contribution in [2.24, 2.45) is 18.4 Å². The van der Waals surface area contributed by atoms with Crippen LogP contribution in [-0.2, 0) is 7.05 Å². The molecule has 122 valence electrons. The van der Waals surface area contributed by atoms with Crippen LogP contribution in [0.25, 0.3) is 0 Å². The van der Waals surface area contributed by atoms with Gasteiger partial charge in [-0.3, -0.25) is 4.68 Å². The largest absolute Gasteiger partial charge is 0.316 e. The maximum Gasteiger partial charge on any atom is 0.0492 e. The molecule has 3 fully saturated rings. The Hall–Kier alpha value is -0.870. The number of nitrogens with zero attached hydrogens (tertiary/aromatic N) is 3. The fraction of sp³-hybridized carbons (Fsp3) is 0.833. The zero-order valence-corrected chi connectivity index (χ0v) is 14.1. The van der Waals surface area contributed by atoms with Gasteiger partial charge in [-0.15, -0.1) is 0 Å². The topological polar surface area (TPSA) is 33.1 Å². The van der Waals surface area contributed by atoms with Gasteiger partial charge in [-0.05, 0) is 62.7 Å². The van der Waals surface area contributed by atoms with E-state index in [2.05, 4.69) is 40.0 Å². The number of likely N-dealkylation sites (tertiary alicyclic amines) is 1. The van der Waals surface area contributed by atoms with E-state index >= 15 is 0 Å². The molecule has 1 aliphatic carbocycles. The molecule has 1 saturated carbocycles. The van der Waals surface area contributed by atoms with Crippen LogP contribution in [0.2, 0.25) is 0 Å². The van der Waals surface area contributed by atoms with E-state index in [1.807, 2.05) is 6.20 Å². The van der Waals surface area contributed by atoms with E-state index < -0.39 is 0 Å².